The van der Waals surface area contributed by atoms with Crippen LogP contribution in [-0.2, 0) is 10.0 Å². The molecule has 1 rings (SSSR count). The highest BCUT2D eigenvalue weighted by Crippen LogP contribution is 2.18. The summed E-state index contributed by atoms with van der Waals surface area (Å²) >= 11 is 5.73. The van der Waals surface area contributed by atoms with Crippen LogP contribution in [0.1, 0.15) is 26.7 Å². The van der Waals surface area contributed by atoms with Crippen LogP contribution in [-0.4, -0.2) is 26.2 Å². The zero-order valence-electron chi connectivity index (χ0n) is 11.1. The van der Waals surface area contributed by atoms with E-state index in [2.05, 4.69) is 4.72 Å². The van der Waals surface area contributed by atoms with Crippen molar-refractivity contribution in [2.75, 3.05) is 6.61 Å². The number of aliphatic hydroxyl groups excluding tert-OH is 1. The summed E-state index contributed by atoms with van der Waals surface area (Å²) in [5.74, 6) is 0.118. The number of halogens is 1. The van der Waals surface area contributed by atoms with E-state index in [9.17, 15) is 13.5 Å². The highest BCUT2D eigenvalue weighted by molar-refractivity contribution is 7.89. The fraction of sp³-hybridized carbons (Fsp3) is 0.538. The maximum absolute atomic E-state index is 12.2. The molecule has 6 heteroatoms. The minimum atomic E-state index is -3.62. The molecule has 108 valence electrons. The van der Waals surface area contributed by atoms with Crippen LogP contribution in [0.5, 0.6) is 0 Å². The van der Waals surface area contributed by atoms with Gasteiger partial charge in [0.25, 0.3) is 0 Å². The highest BCUT2D eigenvalue weighted by atomic mass is 35.5. The molecule has 0 unspecified atom stereocenters. The lowest BCUT2D eigenvalue weighted by atomic mass is 9.96. The van der Waals surface area contributed by atoms with Gasteiger partial charge in [0, 0.05) is 11.1 Å². The first kappa shape index (κ1) is 16.4. The van der Waals surface area contributed by atoms with Crippen molar-refractivity contribution in [1.82, 2.24) is 4.72 Å². The smallest absolute Gasteiger partial charge is 0.240 e. The van der Waals surface area contributed by atoms with Crippen molar-refractivity contribution in [2.24, 2.45) is 5.92 Å². The molecule has 1 aromatic rings. The summed E-state index contributed by atoms with van der Waals surface area (Å²) in [4.78, 5) is 0.154. The van der Waals surface area contributed by atoms with Gasteiger partial charge in [0.2, 0.25) is 10.0 Å². The Hall–Kier alpha value is -0.620. The number of nitrogens with one attached hydrogen (secondary N) is 1. The fourth-order valence-corrected chi connectivity index (χ4v) is 3.44. The average molecular weight is 306 g/mol. The second kappa shape index (κ2) is 7.24. The first-order valence-corrected chi connectivity index (χ1v) is 8.19. The van der Waals surface area contributed by atoms with Gasteiger partial charge < -0.3 is 5.11 Å². The van der Waals surface area contributed by atoms with Crippen LogP contribution in [0.25, 0.3) is 0 Å². The van der Waals surface area contributed by atoms with E-state index < -0.39 is 16.1 Å². The molecule has 0 aromatic heterocycles. The molecule has 4 nitrogen and oxygen atoms in total. The molecular formula is C13H20ClNO3S. The molecule has 0 amide bonds. The standard InChI is InChI=1S/C13H20ClNO3S/c1-3-10(4-2)13(9-16)15-19(17,18)12-7-5-11(14)6-8-12/h5-8,10,13,15-16H,3-4,9H2,1-2H3/t13-/m1/s1. The van der Waals surface area contributed by atoms with Gasteiger partial charge >= 0.3 is 0 Å². The Morgan fingerprint density at radius 1 is 1.21 bits per heavy atom. The number of hydrogen-bond acceptors (Lipinski definition) is 3. The molecular weight excluding hydrogens is 286 g/mol. The topological polar surface area (TPSA) is 66.4 Å². The van der Waals surface area contributed by atoms with Crippen molar-refractivity contribution < 1.29 is 13.5 Å². The second-order valence-corrected chi connectivity index (χ2v) is 6.59. The van der Waals surface area contributed by atoms with Crippen molar-refractivity contribution in [3.63, 3.8) is 0 Å². The van der Waals surface area contributed by atoms with Gasteiger partial charge in [0.05, 0.1) is 11.5 Å². The van der Waals surface area contributed by atoms with E-state index in [-0.39, 0.29) is 17.4 Å². The lowest BCUT2D eigenvalue weighted by molar-refractivity contribution is 0.209. The molecule has 0 bridgehead atoms. The molecule has 0 aliphatic heterocycles. The van der Waals surface area contributed by atoms with Gasteiger partial charge in [-0.1, -0.05) is 38.3 Å². The Kier molecular flexibility index (Phi) is 6.26. The van der Waals surface area contributed by atoms with Crippen LogP contribution in [0.4, 0.5) is 0 Å². The summed E-state index contributed by atoms with van der Waals surface area (Å²) in [5, 5.41) is 9.85. The van der Waals surface area contributed by atoms with Crippen LogP contribution in [0.2, 0.25) is 5.02 Å². The third-order valence-corrected chi connectivity index (χ3v) is 5.00. The minimum absolute atomic E-state index is 0.118. The summed E-state index contributed by atoms with van der Waals surface area (Å²) in [6, 6.07) is 5.50. The Labute approximate surface area is 119 Å². The van der Waals surface area contributed by atoms with E-state index in [1.807, 2.05) is 13.8 Å². The van der Waals surface area contributed by atoms with Gasteiger partial charge in [0.15, 0.2) is 0 Å². The van der Waals surface area contributed by atoms with Gasteiger partial charge in [-0.25, -0.2) is 13.1 Å². The van der Waals surface area contributed by atoms with E-state index in [0.717, 1.165) is 12.8 Å². The summed E-state index contributed by atoms with van der Waals surface area (Å²) < 4.78 is 26.9. The van der Waals surface area contributed by atoms with E-state index >= 15 is 0 Å². The second-order valence-electron chi connectivity index (χ2n) is 4.44. The van der Waals surface area contributed by atoms with Crippen molar-refractivity contribution in [2.45, 2.75) is 37.6 Å². The van der Waals surface area contributed by atoms with E-state index in [4.69, 9.17) is 11.6 Å². The van der Waals surface area contributed by atoms with Crippen LogP contribution in [0.3, 0.4) is 0 Å². The molecule has 19 heavy (non-hydrogen) atoms. The van der Waals surface area contributed by atoms with Crippen LogP contribution in [0, 0.1) is 5.92 Å². The fourth-order valence-electron chi connectivity index (χ4n) is 2.02. The summed E-state index contributed by atoms with van der Waals surface area (Å²) in [6.07, 6.45) is 1.62. The maximum atomic E-state index is 12.2. The average Bonchev–Trinajstić information content (AvgIpc) is 2.39. The highest BCUT2D eigenvalue weighted by Gasteiger charge is 2.24. The van der Waals surface area contributed by atoms with Crippen molar-refractivity contribution in [3.8, 4) is 0 Å². The first-order valence-electron chi connectivity index (χ1n) is 6.33. The van der Waals surface area contributed by atoms with Crippen molar-refractivity contribution in [3.05, 3.63) is 29.3 Å². The number of aliphatic hydroxyl groups is 1. The largest absolute Gasteiger partial charge is 0.395 e. The number of benzene rings is 1. The molecule has 0 saturated heterocycles. The molecule has 0 heterocycles. The van der Waals surface area contributed by atoms with Crippen molar-refractivity contribution in [1.29, 1.82) is 0 Å². The van der Waals surface area contributed by atoms with Crippen LogP contribution < -0.4 is 4.72 Å². The first-order chi connectivity index (χ1) is 8.94. The predicted octanol–water partition coefficient (Wildman–Crippen LogP) is 2.42. The van der Waals surface area contributed by atoms with Crippen molar-refractivity contribution >= 4 is 21.6 Å². The SMILES string of the molecule is CCC(CC)[C@@H](CO)NS(=O)(=O)c1ccc(Cl)cc1. The van der Waals surface area contributed by atoms with Gasteiger partial charge in [-0.15, -0.1) is 0 Å². The van der Waals surface area contributed by atoms with E-state index in [1.165, 1.54) is 24.3 Å². The summed E-state index contributed by atoms with van der Waals surface area (Å²) in [6.45, 7) is 3.75. The number of hydrogen-bond donors (Lipinski definition) is 2. The minimum Gasteiger partial charge on any atom is -0.395 e. The number of rotatable bonds is 7. The predicted molar refractivity (Wildman–Crippen MR) is 76.7 cm³/mol. The number of sulfonamides is 1. The zero-order chi connectivity index (χ0) is 14.5. The van der Waals surface area contributed by atoms with E-state index in [0.29, 0.717) is 5.02 Å². The molecule has 1 atom stereocenters. The monoisotopic (exact) mass is 305 g/mol. The molecule has 0 radical (unpaired) electrons. The molecule has 0 fully saturated rings. The Morgan fingerprint density at radius 2 is 1.74 bits per heavy atom. The maximum Gasteiger partial charge on any atom is 0.240 e. The Morgan fingerprint density at radius 3 is 2.16 bits per heavy atom. The third-order valence-electron chi connectivity index (χ3n) is 3.24. The molecule has 0 aliphatic rings. The Balaban J connectivity index is 2.91. The molecule has 0 aliphatic carbocycles. The zero-order valence-corrected chi connectivity index (χ0v) is 12.7. The quantitative estimate of drug-likeness (QED) is 0.813. The van der Waals surface area contributed by atoms with Crippen LogP contribution >= 0.6 is 11.6 Å². The van der Waals surface area contributed by atoms with E-state index in [1.54, 1.807) is 0 Å². The lowest BCUT2D eigenvalue weighted by Crippen LogP contribution is -2.42. The van der Waals surface area contributed by atoms with Crippen LogP contribution in [0.15, 0.2) is 29.2 Å². The normalized spacial score (nSPS) is 13.7. The lowest BCUT2D eigenvalue weighted by Gasteiger charge is -2.24. The molecule has 0 saturated carbocycles. The summed E-state index contributed by atoms with van der Waals surface area (Å²) in [7, 11) is -3.62. The molecule has 2 N–H and O–H groups in total. The Bertz CT molecular complexity index is 483. The third kappa shape index (κ3) is 4.45. The van der Waals surface area contributed by atoms with Gasteiger partial charge in [-0.3, -0.25) is 0 Å². The van der Waals surface area contributed by atoms with Gasteiger partial charge in [-0.2, -0.15) is 0 Å². The molecule has 0 spiro atoms. The molecule has 1 aromatic carbocycles. The van der Waals surface area contributed by atoms with Gasteiger partial charge in [-0.05, 0) is 30.2 Å². The summed E-state index contributed by atoms with van der Waals surface area (Å²) in [5.41, 5.74) is 0. The van der Waals surface area contributed by atoms with Gasteiger partial charge in [0.1, 0.15) is 0 Å².